The fourth-order valence-corrected chi connectivity index (χ4v) is 7.00. The fraction of sp³-hybridized carbons (Fsp3) is 0.597. The Kier molecular flexibility index (Phi) is 51.5. The van der Waals surface area contributed by atoms with Crippen molar-refractivity contribution in [2.24, 2.45) is 0 Å². The molecule has 0 saturated carbocycles. The molecule has 0 aliphatic rings. The van der Waals surface area contributed by atoms with E-state index in [1.54, 1.807) is 0 Å². The van der Waals surface area contributed by atoms with Gasteiger partial charge in [0.1, 0.15) is 13.2 Å². The molecule has 382 valence electrons. The van der Waals surface area contributed by atoms with Gasteiger partial charge in [0.15, 0.2) is 6.10 Å². The van der Waals surface area contributed by atoms with Gasteiger partial charge in [0.2, 0.25) is 0 Å². The minimum Gasteiger partial charge on any atom is -0.462 e. The van der Waals surface area contributed by atoms with Crippen LogP contribution in [0.4, 0.5) is 0 Å². The standard InChI is InChI=1S/C62H98O6/c1-4-7-10-13-16-19-22-25-27-29-31-33-34-37-40-43-46-49-52-55-61(64)67-58-59(57-66-60(63)54-51-48-45-42-39-36-24-21-18-15-12-9-6-3)68-62(65)56-53-50-47-44-41-38-35-32-30-28-26-23-20-17-14-11-8-5-2/h9,12,15-26,28,30,32,35-36,39,42,45,59H,4-8,10-11,13-14,27,29,31,33-34,37-38,40-41,43-44,46-58H2,1-3H3/b12-9+,18-15+,19-16+,20-17+,24-21+,25-22+,26-23+,30-28+,35-32+,39-36+,45-42+. The Morgan fingerprint density at radius 2 is 0.588 bits per heavy atom. The molecule has 68 heavy (non-hydrogen) atoms. The molecule has 6 nitrogen and oxygen atoms in total. The van der Waals surface area contributed by atoms with Crippen LogP contribution in [0.2, 0.25) is 0 Å². The third kappa shape index (κ3) is 52.5. The van der Waals surface area contributed by atoms with Crippen LogP contribution in [-0.2, 0) is 28.6 Å². The van der Waals surface area contributed by atoms with Crippen LogP contribution in [0.5, 0.6) is 0 Å². The Labute approximate surface area is 417 Å². The van der Waals surface area contributed by atoms with E-state index < -0.39 is 6.10 Å². The van der Waals surface area contributed by atoms with Crippen LogP contribution in [0, 0.1) is 0 Å². The second-order valence-electron chi connectivity index (χ2n) is 17.6. The van der Waals surface area contributed by atoms with Crippen LogP contribution in [0.25, 0.3) is 0 Å². The Morgan fingerprint density at radius 1 is 0.309 bits per heavy atom. The van der Waals surface area contributed by atoms with E-state index in [0.29, 0.717) is 12.8 Å². The summed E-state index contributed by atoms with van der Waals surface area (Å²) in [5.74, 6) is -1.03. The molecular formula is C62H98O6. The number of hydrogen-bond acceptors (Lipinski definition) is 6. The van der Waals surface area contributed by atoms with Crippen LogP contribution < -0.4 is 0 Å². The summed E-state index contributed by atoms with van der Waals surface area (Å²) in [4.78, 5) is 38.1. The molecule has 0 heterocycles. The van der Waals surface area contributed by atoms with Crippen molar-refractivity contribution in [2.45, 2.75) is 226 Å². The van der Waals surface area contributed by atoms with Gasteiger partial charge >= 0.3 is 17.9 Å². The molecule has 0 N–H and O–H groups in total. The second-order valence-corrected chi connectivity index (χ2v) is 17.6. The van der Waals surface area contributed by atoms with E-state index in [-0.39, 0.29) is 44.0 Å². The van der Waals surface area contributed by atoms with Crippen molar-refractivity contribution in [3.63, 3.8) is 0 Å². The van der Waals surface area contributed by atoms with Gasteiger partial charge in [-0.25, -0.2) is 0 Å². The molecule has 1 atom stereocenters. The highest BCUT2D eigenvalue weighted by Gasteiger charge is 2.19. The predicted molar refractivity (Wildman–Crippen MR) is 292 cm³/mol. The summed E-state index contributed by atoms with van der Waals surface area (Å²) in [7, 11) is 0. The largest absolute Gasteiger partial charge is 0.462 e. The summed E-state index contributed by atoms with van der Waals surface area (Å²) in [5.41, 5.74) is 0. The molecule has 0 aliphatic heterocycles. The molecule has 0 rings (SSSR count). The number of carbonyl (C=O) groups excluding carboxylic acids is 3. The molecule has 0 radical (unpaired) electrons. The first-order chi connectivity index (χ1) is 33.5. The summed E-state index contributed by atoms with van der Waals surface area (Å²) in [6.45, 7) is 6.33. The van der Waals surface area contributed by atoms with Gasteiger partial charge in [-0.2, -0.15) is 0 Å². The number of esters is 3. The van der Waals surface area contributed by atoms with Gasteiger partial charge < -0.3 is 14.2 Å². The quantitative estimate of drug-likeness (QED) is 0.0262. The van der Waals surface area contributed by atoms with Crippen molar-refractivity contribution >= 4 is 17.9 Å². The molecule has 0 fully saturated rings. The lowest BCUT2D eigenvalue weighted by molar-refractivity contribution is -0.167. The molecule has 0 spiro atoms. The molecule has 6 heteroatoms. The summed E-state index contributed by atoms with van der Waals surface area (Å²) in [5, 5.41) is 0. The highest BCUT2D eigenvalue weighted by Crippen LogP contribution is 2.14. The van der Waals surface area contributed by atoms with Crippen molar-refractivity contribution in [1.82, 2.24) is 0 Å². The van der Waals surface area contributed by atoms with Crippen molar-refractivity contribution in [1.29, 1.82) is 0 Å². The molecule has 0 aromatic rings. The highest BCUT2D eigenvalue weighted by atomic mass is 16.6. The maximum atomic E-state index is 12.8. The Hall–Kier alpha value is -4.45. The molecule has 1 unspecified atom stereocenters. The predicted octanol–water partition coefficient (Wildman–Crippen LogP) is 18.3. The first kappa shape index (κ1) is 63.5. The summed E-state index contributed by atoms with van der Waals surface area (Å²) in [6, 6.07) is 0. The van der Waals surface area contributed by atoms with Crippen molar-refractivity contribution in [3.05, 3.63) is 134 Å². The number of allylic oxidation sites excluding steroid dienone is 22. The first-order valence-electron chi connectivity index (χ1n) is 27.3. The maximum absolute atomic E-state index is 12.8. The van der Waals surface area contributed by atoms with E-state index in [2.05, 4.69) is 99.8 Å². The van der Waals surface area contributed by atoms with Crippen LogP contribution in [-0.4, -0.2) is 37.2 Å². The number of hydrogen-bond donors (Lipinski definition) is 0. The second kappa shape index (κ2) is 55.1. The Morgan fingerprint density at radius 3 is 0.971 bits per heavy atom. The van der Waals surface area contributed by atoms with E-state index in [1.807, 2.05) is 54.7 Å². The van der Waals surface area contributed by atoms with Gasteiger partial charge in [-0.15, -0.1) is 0 Å². The lowest BCUT2D eigenvalue weighted by atomic mass is 10.1. The zero-order chi connectivity index (χ0) is 49.3. The Bertz CT molecular complexity index is 1500. The zero-order valence-corrected chi connectivity index (χ0v) is 43.6. The van der Waals surface area contributed by atoms with Crippen LogP contribution in [0.15, 0.2) is 134 Å². The fourth-order valence-electron chi connectivity index (χ4n) is 7.00. The van der Waals surface area contributed by atoms with Crippen LogP contribution >= 0.6 is 0 Å². The SMILES string of the molecule is CC/C=C/C=C/C=C/C=C/C=C/CCCC(=O)OCC(COC(=O)CCCCCCCCCCCC/C=C/C=C/CCCCC)OC(=O)CCCCCCC/C=C/C=C/C=C/C=C/CCCCC. The zero-order valence-electron chi connectivity index (χ0n) is 43.6. The topological polar surface area (TPSA) is 78.9 Å². The van der Waals surface area contributed by atoms with Gasteiger partial charge in [-0.1, -0.05) is 251 Å². The van der Waals surface area contributed by atoms with Gasteiger partial charge in [-0.3, -0.25) is 14.4 Å². The summed E-state index contributed by atoms with van der Waals surface area (Å²) < 4.78 is 16.7. The number of unbranched alkanes of at least 4 members (excludes halogenated alkanes) is 22. The molecular weight excluding hydrogens is 841 g/mol. The molecule has 0 saturated heterocycles. The van der Waals surface area contributed by atoms with Gasteiger partial charge in [-0.05, 0) is 83.5 Å². The molecule has 0 bridgehead atoms. The van der Waals surface area contributed by atoms with Gasteiger partial charge in [0.25, 0.3) is 0 Å². The van der Waals surface area contributed by atoms with E-state index in [0.717, 1.165) is 77.0 Å². The van der Waals surface area contributed by atoms with E-state index in [4.69, 9.17) is 14.2 Å². The highest BCUT2D eigenvalue weighted by molar-refractivity contribution is 5.71. The monoisotopic (exact) mass is 939 g/mol. The number of rotatable bonds is 47. The smallest absolute Gasteiger partial charge is 0.306 e. The number of ether oxygens (including phenoxy) is 3. The lowest BCUT2D eigenvalue weighted by Crippen LogP contribution is -2.30. The maximum Gasteiger partial charge on any atom is 0.306 e. The summed E-state index contributed by atoms with van der Waals surface area (Å²) in [6.07, 6.45) is 77.2. The third-order valence-electron chi connectivity index (χ3n) is 11.1. The van der Waals surface area contributed by atoms with Crippen LogP contribution in [0.3, 0.4) is 0 Å². The molecule has 0 amide bonds. The molecule has 0 aromatic carbocycles. The minimum absolute atomic E-state index is 0.117. The van der Waals surface area contributed by atoms with Gasteiger partial charge in [0.05, 0.1) is 0 Å². The van der Waals surface area contributed by atoms with E-state index in [1.165, 1.54) is 96.3 Å². The third-order valence-corrected chi connectivity index (χ3v) is 11.1. The average molecular weight is 939 g/mol. The first-order valence-corrected chi connectivity index (χ1v) is 27.3. The van der Waals surface area contributed by atoms with E-state index >= 15 is 0 Å². The van der Waals surface area contributed by atoms with E-state index in [9.17, 15) is 14.4 Å². The number of carbonyl (C=O) groups is 3. The van der Waals surface area contributed by atoms with Crippen molar-refractivity contribution in [3.8, 4) is 0 Å². The van der Waals surface area contributed by atoms with Crippen molar-refractivity contribution in [2.75, 3.05) is 13.2 Å². The molecule has 0 aromatic heterocycles. The Balaban J connectivity index is 4.52. The van der Waals surface area contributed by atoms with Gasteiger partial charge in [0, 0.05) is 19.3 Å². The normalized spacial score (nSPS) is 13.2. The lowest BCUT2D eigenvalue weighted by Gasteiger charge is -2.18. The molecule has 0 aliphatic carbocycles. The van der Waals surface area contributed by atoms with Crippen LogP contribution in [0.1, 0.15) is 220 Å². The summed E-state index contributed by atoms with van der Waals surface area (Å²) >= 11 is 0. The minimum atomic E-state index is -0.826. The average Bonchev–Trinajstić information content (AvgIpc) is 3.34. The van der Waals surface area contributed by atoms with Crippen molar-refractivity contribution < 1.29 is 28.6 Å².